The van der Waals surface area contributed by atoms with E-state index in [1.807, 2.05) is 0 Å². The second-order valence-corrected chi connectivity index (χ2v) is 6.21. The lowest BCUT2D eigenvalue weighted by Gasteiger charge is -2.13. The summed E-state index contributed by atoms with van der Waals surface area (Å²) in [5.41, 5.74) is 4.26. The van der Waals surface area contributed by atoms with E-state index in [1.165, 1.54) is 17.2 Å². The summed E-state index contributed by atoms with van der Waals surface area (Å²) in [6.07, 6.45) is 1.87. The molecule has 1 N–H and O–H groups in total. The zero-order valence-corrected chi connectivity index (χ0v) is 12.6. The molecule has 21 heavy (non-hydrogen) atoms. The number of halogens is 2. The van der Waals surface area contributed by atoms with Gasteiger partial charge in [-0.3, -0.25) is 0 Å². The second kappa shape index (κ2) is 4.68. The number of aromatic nitrogens is 2. The Bertz CT molecular complexity index is 887. The lowest BCUT2D eigenvalue weighted by Crippen LogP contribution is -2.09. The molecule has 1 aliphatic carbocycles. The number of imidazole rings is 1. The molecule has 3 aromatic rings. The van der Waals surface area contributed by atoms with Crippen molar-refractivity contribution in [1.29, 1.82) is 0 Å². The molecule has 4 rings (SSSR count). The molecule has 0 radical (unpaired) electrons. The first-order valence-electron chi connectivity index (χ1n) is 6.79. The third-order valence-electron chi connectivity index (χ3n) is 4.15. The van der Waals surface area contributed by atoms with E-state index in [0.29, 0.717) is 10.3 Å². The fourth-order valence-electron chi connectivity index (χ4n) is 3.20. The van der Waals surface area contributed by atoms with Crippen molar-refractivity contribution < 1.29 is 4.39 Å². The minimum Gasteiger partial charge on any atom is -0.330 e. The van der Waals surface area contributed by atoms with E-state index in [0.717, 1.165) is 18.4 Å². The van der Waals surface area contributed by atoms with Gasteiger partial charge in [0.05, 0.1) is 16.1 Å². The number of fused-ring (bicyclic) bond motifs is 2. The maximum absolute atomic E-state index is 13.6. The first-order chi connectivity index (χ1) is 10.1. The standard InChI is InChI=1S/C16H12ClFN2S/c17-12-7-15-14(8-13(12)18)19-16(21)20(15)11-5-9-3-1-2-4-10(9)6-11/h1-4,7-8,11H,5-6H2,(H,19,21). The van der Waals surface area contributed by atoms with Crippen molar-refractivity contribution in [2.24, 2.45) is 0 Å². The molecule has 0 saturated carbocycles. The lowest BCUT2D eigenvalue weighted by atomic mass is 10.1. The quantitative estimate of drug-likeness (QED) is 0.637. The zero-order valence-electron chi connectivity index (χ0n) is 11.1. The number of nitrogens with zero attached hydrogens (tertiary/aromatic N) is 1. The molecule has 0 amide bonds. The van der Waals surface area contributed by atoms with Gasteiger partial charge in [-0.25, -0.2) is 4.39 Å². The van der Waals surface area contributed by atoms with E-state index in [1.54, 1.807) is 6.07 Å². The maximum Gasteiger partial charge on any atom is 0.178 e. The number of hydrogen-bond acceptors (Lipinski definition) is 1. The van der Waals surface area contributed by atoms with E-state index in [2.05, 4.69) is 33.8 Å². The van der Waals surface area contributed by atoms with Crippen LogP contribution in [0.4, 0.5) is 4.39 Å². The van der Waals surface area contributed by atoms with Gasteiger partial charge in [-0.1, -0.05) is 35.9 Å². The van der Waals surface area contributed by atoms with Gasteiger partial charge in [0.1, 0.15) is 5.82 Å². The van der Waals surface area contributed by atoms with Crippen molar-refractivity contribution in [1.82, 2.24) is 9.55 Å². The van der Waals surface area contributed by atoms with Crippen LogP contribution in [0.25, 0.3) is 11.0 Å². The van der Waals surface area contributed by atoms with Crippen LogP contribution in [-0.4, -0.2) is 9.55 Å². The number of rotatable bonds is 1. The Morgan fingerprint density at radius 1 is 1.19 bits per heavy atom. The van der Waals surface area contributed by atoms with Crippen molar-refractivity contribution in [3.05, 3.63) is 63.1 Å². The molecule has 1 heterocycles. The number of benzene rings is 2. The summed E-state index contributed by atoms with van der Waals surface area (Å²) in [7, 11) is 0. The summed E-state index contributed by atoms with van der Waals surface area (Å²) < 4.78 is 16.3. The Morgan fingerprint density at radius 3 is 2.52 bits per heavy atom. The predicted molar refractivity (Wildman–Crippen MR) is 85.0 cm³/mol. The third-order valence-corrected chi connectivity index (χ3v) is 4.74. The Labute approximate surface area is 131 Å². The average Bonchev–Trinajstić information content (AvgIpc) is 2.99. The predicted octanol–water partition coefficient (Wildman–Crippen LogP) is 4.83. The number of hydrogen-bond donors (Lipinski definition) is 1. The van der Waals surface area contributed by atoms with Crippen LogP contribution in [0.5, 0.6) is 0 Å². The molecule has 2 nitrogen and oxygen atoms in total. The molecular weight excluding hydrogens is 307 g/mol. The van der Waals surface area contributed by atoms with Gasteiger partial charge >= 0.3 is 0 Å². The van der Waals surface area contributed by atoms with Gasteiger partial charge in [0.15, 0.2) is 4.77 Å². The van der Waals surface area contributed by atoms with Gasteiger partial charge in [-0.15, -0.1) is 0 Å². The normalized spacial score (nSPS) is 14.8. The molecule has 0 spiro atoms. The van der Waals surface area contributed by atoms with E-state index in [4.69, 9.17) is 23.8 Å². The monoisotopic (exact) mass is 318 g/mol. The van der Waals surface area contributed by atoms with E-state index >= 15 is 0 Å². The summed E-state index contributed by atoms with van der Waals surface area (Å²) in [5, 5.41) is 0.126. The molecule has 0 saturated heterocycles. The van der Waals surface area contributed by atoms with Crippen LogP contribution in [0, 0.1) is 10.6 Å². The fraction of sp³-hybridized carbons (Fsp3) is 0.188. The minimum atomic E-state index is -0.428. The molecule has 0 aliphatic heterocycles. The number of aromatic amines is 1. The third kappa shape index (κ3) is 2.01. The molecular formula is C16H12ClFN2S. The summed E-state index contributed by atoms with van der Waals surface area (Å²) in [5.74, 6) is -0.428. The van der Waals surface area contributed by atoms with Crippen LogP contribution < -0.4 is 0 Å². The lowest BCUT2D eigenvalue weighted by molar-refractivity contribution is 0.537. The molecule has 5 heteroatoms. The zero-order chi connectivity index (χ0) is 14.6. The van der Waals surface area contributed by atoms with E-state index in [9.17, 15) is 4.39 Å². The number of H-pyrrole nitrogens is 1. The molecule has 0 unspecified atom stereocenters. The Morgan fingerprint density at radius 2 is 1.86 bits per heavy atom. The summed E-state index contributed by atoms with van der Waals surface area (Å²) >= 11 is 11.4. The minimum absolute atomic E-state index is 0.126. The second-order valence-electron chi connectivity index (χ2n) is 5.41. The van der Waals surface area contributed by atoms with Crippen LogP contribution in [0.1, 0.15) is 17.2 Å². The van der Waals surface area contributed by atoms with Crippen LogP contribution >= 0.6 is 23.8 Å². The van der Waals surface area contributed by atoms with Gasteiger partial charge in [-0.2, -0.15) is 0 Å². The van der Waals surface area contributed by atoms with Crippen LogP contribution in [-0.2, 0) is 12.8 Å². The topological polar surface area (TPSA) is 20.7 Å². The molecule has 0 bridgehead atoms. The smallest absolute Gasteiger partial charge is 0.178 e. The SMILES string of the molecule is Fc1cc2[nH]c(=S)n(C3Cc4ccccc4C3)c2cc1Cl. The van der Waals surface area contributed by atoms with Crippen molar-refractivity contribution in [2.45, 2.75) is 18.9 Å². The summed E-state index contributed by atoms with van der Waals surface area (Å²) in [6, 6.07) is 11.7. The summed E-state index contributed by atoms with van der Waals surface area (Å²) in [6.45, 7) is 0. The van der Waals surface area contributed by atoms with Crippen molar-refractivity contribution in [3.8, 4) is 0 Å². The average molecular weight is 319 g/mol. The Balaban J connectivity index is 1.87. The van der Waals surface area contributed by atoms with Gasteiger partial charge in [0, 0.05) is 12.1 Å². The molecule has 0 atom stereocenters. The van der Waals surface area contributed by atoms with Crippen LogP contribution in [0.3, 0.4) is 0 Å². The van der Waals surface area contributed by atoms with E-state index in [-0.39, 0.29) is 11.1 Å². The van der Waals surface area contributed by atoms with E-state index < -0.39 is 5.82 Å². The molecule has 2 aromatic carbocycles. The first-order valence-corrected chi connectivity index (χ1v) is 7.58. The van der Waals surface area contributed by atoms with Gasteiger partial charge in [0.2, 0.25) is 0 Å². The fourth-order valence-corrected chi connectivity index (χ4v) is 3.72. The molecule has 0 fully saturated rings. The van der Waals surface area contributed by atoms with Crippen molar-refractivity contribution in [2.75, 3.05) is 0 Å². The first kappa shape index (κ1) is 13.0. The largest absolute Gasteiger partial charge is 0.330 e. The van der Waals surface area contributed by atoms with Crippen molar-refractivity contribution >= 4 is 34.9 Å². The highest BCUT2D eigenvalue weighted by atomic mass is 35.5. The van der Waals surface area contributed by atoms with Gasteiger partial charge in [0.25, 0.3) is 0 Å². The Hall–Kier alpha value is -1.65. The molecule has 106 valence electrons. The van der Waals surface area contributed by atoms with Gasteiger partial charge < -0.3 is 9.55 Å². The van der Waals surface area contributed by atoms with Crippen molar-refractivity contribution in [3.63, 3.8) is 0 Å². The number of nitrogens with one attached hydrogen (secondary N) is 1. The highest BCUT2D eigenvalue weighted by molar-refractivity contribution is 7.71. The molecule has 1 aromatic heterocycles. The molecule has 1 aliphatic rings. The van der Waals surface area contributed by atoms with Crippen LogP contribution in [0.2, 0.25) is 5.02 Å². The Kier molecular flexibility index (Phi) is 2.91. The highest BCUT2D eigenvalue weighted by Crippen LogP contribution is 2.33. The maximum atomic E-state index is 13.6. The highest BCUT2D eigenvalue weighted by Gasteiger charge is 2.24. The van der Waals surface area contributed by atoms with Crippen LogP contribution in [0.15, 0.2) is 36.4 Å². The van der Waals surface area contributed by atoms with Gasteiger partial charge in [-0.05, 0) is 42.3 Å². The summed E-state index contributed by atoms with van der Waals surface area (Å²) in [4.78, 5) is 3.08.